The number of nitrogens with one attached hydrogen (secondary N) is 1. The molecule has 1 aromatic carbocycles. The Labute approximate surface area is 239 Å². The first-order valence-electron chi connectivity index (χ1n) is 13.7. The van der Waals surface area contributed by atoms with Crippen molar-refractivity contribution in [3.8, 4) is 17.3 Å². The maximum atomic E-state index is 14.0. The lowest BCUT2D eigenvalue weighted by molar-refractivity contribution is 0.0425. The minimum atomic E-state index is -0.839. The molecule has 6 heterocycles. The monoisotopic (exact) mass is 570 g/mol. The molecule has 42 heavy (non-hydrogen) atoms. The number of anilines is 1. The number of ether oxygens (including phenoxy) is 1. The third-order valence-electron chi connectivity index (χ3n) is 8.06. The number of ketones is 1. The van der Waals surface area contributed by atoms with Crippen LogP contribution in [0.15, 0.2) is 48.8 Å². The summed E-state index contributed by atoms with van der Waals surface area (Å²) in [5.74, 6) is -2.40. The largest absolute Gasteiger partial charge is 0.433 e. The van der Waals surface area contributed by atoms with Crippen LogP contribution in [0.1, 0.15) is 32.9 Å². The number of likely N-dealkylation sites (tertiary alicyclic amines) is 1. The van der Waals surface area contributed by atoms with Crippen molar-refractivity contribution in [3.05, 3.63) is 88.5 Å². The van der Waals surface area contributed by atoms with Gasteiger partial charge in [0.05, 0.1) is 46.1 Å². The van der Waals surface area contributed by atoms with Gasteiger partial charge < -0.3 is 20.4 Å². The Bertz CT molecular complexity index is 1840. The molecule has 0 atom stereocenters. The summed E-state index contributed by atoms with van der Waals surface area (Å²) < 4.78 is 34.8. The lowest BCUT2D eigenvalue weighted by Crippen LogP contribution is -2.58. The number of pyridine rings is 2. The summed E-state index contributed by atoms with van der Waals surface area (Å²) in [6.45, 7) is 5.72. The van der Waals surface area contributed by atoms with Crippen LogP contribution < -0.4 is 10.5 Å². The second kappa shape index (κ2) is 10.00. The molecule has 10 nitrogen and oxygen atoms in total. The van der Waals surface area contributed by atoms with Gasteiger partial charge in [-0.15, -0.1) is 0 Å². The molecule has 3 N–H and O–H groups in total. The van der Waals surface area contributed by atoms with Crippen molar-refractivity contribution in [1.82, 2.24) is 34.5 Å². The number of nitrogens with zero attached hydrogens (tertiary/aromatic N) is 6. The number of benzene rings is 1. The predicted octanol–water partition coefficient (Wildman–Crippen LogP) is 4.01. The van der Waals surface area contributed by atoms with Gasteiger partial charge in [0.25, 0.3) is 0 Å². The Hall–Kier alpha value is -4.68. The zero-order chi connectivity index (χ0) is 29.1. The Kier molecular flexibility index (Phi) is 6.24. The summed E-state index contributed by atoms with van der Waals surface area (Å²) in [4.78, 5) is 30.6. The van der Waals surface area contributed by atoms with E-state index >= 15 is 0 Å². The maximum absolute atomic E-state index is 14.0. The molecular weight excluding hydrogens is 542 g/mol. The van der Waals surface area contributed by atoms with Crippen LogP contribution in [0, 0.1) is 18.6 Å². The van der Waals surface area contributed by atoms with Crippen molar-refractivity contribution < 1.29 is 18.3 Å². The molecule has 4 aromatic heterocycles. The number of hydrogen-bond acceptors (Lipinski definition) is 8. The van der Waals surface area contributed by atoms with Gasteiger partial charge in [-0.25, -0.2) is 23.4 Å². The Balaban J connectivity index is 1.12. The highest BCUT2D eigenvalue weighted by Gasteiger charge is 2.32. The molecule has 0 unspecified atom stereocenters. The molecule has 7 rings (SSSR count). The highest BCUT2D eigenvalue weighted by molar-refractivity contribution is 6.12. The highest BCUT2D eigenvalue weighted by atomic mass is 19.1. The third kappa shape index (κ3) is 4.48. The van der Waals surface area contributed by atoms with E-state index in [1.807, 2.05) is 0 Å². The topological polar surface area (TPSA) is 118 Å². The van der Waals surface area contributed by atoms with Gasteiger partial charge in [0.2, 0.25) is 17.4 Å². The number of nitrogen functional groups attached to an aromatic ring is 1. The van der Waals surface area contributed by atoms with Crippen LogP contribution in [0.3, 0.4) is 0 Å². The van der Waals surface area contributed by atoms with E-state index in [0.29, 0.717) is 23.0 Å². The van der Waals surface area contributed by atoms with Crippen molar-refractivity contribution in [1.29, 1.82) is 0 Å². The minimum Gasteiger partial charge on any atom is -0.433 e. The fourth-order valence-corrected chi connectivity index (χ4v) is 5.71. The van der Waals surface area contributed by atoms with Crippen LogP contribution in [0.4, 0.5) is 14.6 Å². The number of hydrogen-bond donors (Lipinski definition) is 2. The van der Waals surface area contributed by atoms with Crippen molar-refractivity contribution >= 4 is 22.6 Å². The Morgan fingerprint density at radius 3 is 2.67 bits per heavy atom. The van der Waals surface area contributed by atoms with E-state index in [4.69, 9.17) is 15.5 Å². The zero-order valence-corrected chi connectivity index (χ0v) is 23.1. The molecule has 0 amide bonds. The first kappa shape index (κ1) is 26.2. The number of rotatable bonds is 6. The van der Waals surface area contributed by atoms with Crippen LogP contribution in [-0.4, -0.2) is 73.0 Å². The van der Waals surface area contributed by atoms with E-state index in [2.05, 4.69) is 38.0 Å². The number of carbonyl (C=O) groups is 1. The standard InChI is InChI=1S/C30H28F2N8O2/c1-16-8-27(42-29-20(31)4-3-5-21(29)32)34-12-26(16)40-30(33)19(11-35-40)28(41)24-10-23-22(36-24)9-17-6-7-39(15-25(17)37-23)18-13-38(2)14-18/h3-5,8-12,18,36H,6-7,13-15,33H2,1-2H3. The molecule has 0 spiro atoms. The number of fused-ring (bicyclic) bond motifs is 2. The van der Waals surface area contributed by atoms with Gasteiger partial charge in [0.1, 0.15) is 5.82 Å². The molecule has 12 heteroatoms. The molecule has 5 aromatic rings. The van der Waals surface area contributed by atoms with Crippen molar-refractivity contribution in [3.63, 3.8) is 0 Å². The summed E-state index contributed by atoms with van der Waals surface area (Å²) in [7, 11) is 2.13. The number of H-pyrrole nitrogens is 1. The average Bonchev–Trinajstić information content (AvgIpc) is 3.54. The molecule has 0 bridgehead atoms. The molecule has 214 valence electrons. The SMILES string of the molecule is Cc1cc(Oc2c(F)cccc2F)ncc1-n1ncc(C(=O)c2cc3nc4c(cc3[nH]2)CCN(C2CN(C)C2)C4)c1N. The van der Waals surface area contributed by atoms with E-state index in [0.717, 1.165) is 61.5 Å². The predicted molar refractivity (Wildman–Crippen MR) is 152 cm³/mol. The molecular formula is C30H28F2N8O2. The van der Waals surface area contributed by atoms with E-state index in [-0.39, 0.29) is 23.0 Å². The smallest absolute Gasteiger partial charge is 0.219 e. The van der Waals surface area contributed by atoms with Gasteiger partial charge in [-0.2, -0.15) is 5.10 Å². The van der Waals surface area contributed by atoms with E-state index < -0.39 is 17.4 Å². The molecule has 2 aliphatic heterocycles. The zero-order valence-electron chi connectivity index (χ0n) is 23.1. The van der Waals surface area contributed by atoms with E-state index in [9.17, 15) is 13.6 Å². The average molecular weight is 571 g/mol. The summed E-state index contributed by atoms with van der Waals surface area (Å²) in [6.07, 6.45) is 3.75. The Morgan fingerprint density at radius 2 is 1.93 bits per heavy atom. The number of aryl methyl sites for hydroxylation is 1. The van der Waals surface area contributed by atoms with Crippen LogP contribution in [0.2, 0.25) is 0 Å². The fourth-order valence-electron chi connectivity index (χ4n) is 5.71. The third-order valence-corrected chi connectivity index (χ3v) is 8.06. The fraction of sp³-hybridized carbons (Fsp3) is 0.267. The van der Waals surface area contributed by atoms with Crippen LogP contribution in [0.25, 0.3) is 16.7 Å². The summed E-state index contributed by atoms with van der Waals surface area (Å²) in [5, 5.41) is 4.33. The highest BCUT2D eigenvalue weighted by Crippen LogP contribution is 2.30. The van der Waals surface area contributed by atoms with Crippen LogP contribution >= 0.6 is 0 Å². The number of carbonyl (C=O) groups excluding carboxylic acids is 1. The van der Waals surface area contributed by atoms with Gasteiger partial charge in [-0.1, -0.05) is 6.07 Å². The number of likely N-dealkylation sites (N-methyl/N-ethyl adjacent to an activating group) is 1. The van der Waals surface area contributed by atoms with Crippen molar-refractivity contribution in [2.75, 3.05) is 32.4 Å². The molecule has 1 saturated heterocycles. The molecule has 0 aliphatic carbocycles. The summed E-state index contributed by atoms with van der Waals surface area (Å²) in [5.41, 5.74) is 11.9. The lowest BCUT2D eigenvalue weighted by atomic mass is 10.00. The second-order valence-electron chi connectivity index (χ2n) is 11.0. The van der Waals surface area contributed by atoms with Gasteiger partial charge >= 0.3 is 0 Å². The van der Waals surface area contributed by atoms with E-state index in [1.54, 1.807) is 13.0 Å². The second-order valence-corrected chi connectivity index (χ2v) is 11.0. The maximum Gasteiger partial charge on any atom is 0.219 e. The van der Waals surface area contributed by atoms with E-state index in [1.165, 1.54) is 34.8 Å². The van der Waals surface area contributed by atoms with Gasteiger partial charge in [0.15, 0.2) is 11.6 Å². The number of aromatic nitrogens is 5. The number of aromatic amines is 1. The molecule has 0 radical (unpaired) electrons. The van der Waals surface area contributed by atoms with Crippen LogP contribution in [0.5, 0.6) is 11.6 Å². The number of nitrogens with two attached hydrogens (primary N) is 1. The quantitative estimate of drug-likeness (QED) is 0.294. The Morgan fingerprint density at radius 1 is 1.14 bits per heavy atom. The minimum absolute atomic E-state index is 0.00121. The summed E-state index contributed by atoms with van der Waals surface area (Å²) >= 11 is 0. The molecule has 1 fully saturated rings. The lowest BCUT2D eigenvalue weighted by Gasteiger charge is -2.45. The van der Waals surface area contributed by atoms with Gasteiger partial charge in [-0.3, -0.25) is 9.69 Å². The van der Waals surface area contributed by atoms with Gasteiger partial charge in [-0.05, 0) is 55.8 Å². The first-order chi connectivity index (χ1) is 20.2. The first-order valence-corrected chi connectivity index (χ1v) is 13.7. The van der Waals surface area contributed by atoms with Crippen molar-refractivity contribution in [2.24, 2.45) is 0 Å². The molecule has 0 saturated carbocycles. The van der Waals surface area contributed by atoms with Crippen LogP contribution in [-0.2, 0) is 13.0 Å². The van der Waals surface area contributed by atoms with Crippen molar-refractivity contribution in [2.45, 2.75) is 25.9 Å². The normalized spacial score (nSPS) is 16.0. The number of para-hydroxylation sites is 1. The van der Waals surface area contributed by atoms with Gasteiger partial charge in [0, 0.05) is 38.3 Å². The molecule has 2 aliphatic rings. The summed E-state index contributed by atoms with van der Waals surface area (Å²) in [6, 6.07) is 9.38. The number of halogens is 2.